The third kappa shape index (κ3) is 2.77. The molecule has 2 aliphatic carbocycles. The Morgan fingerprint density at radius 1 is 1.13 bits per heavy atom. The van der Waals surface area contributed by atoms with Crippen molar-refractivity contribution in [3.05, 3.63) is 53.9 Å². The van der Waals surface area contributed by atoms with Gasteiger partial charge in [0.1, 0.15) is 0 Å². The van der Waals surface area contributed by atoms with Crippen LogP contribution in [0.2, 0.25) is 0 Å². The van der Waals surface area contributed by atoms with Gasteiger partial charge in [-0.15, -0.1) is 5.10 Å². The van der Waals surface area contributed by atoms with E-state index in [2.05, 4.69) is 36.3 Å². The molecule has 1 amide bonds. The van der Waals surface area contributed by atoms with Crippen LogP contribution in [-0.4, -0.2) is 26.3 Å². The van der Waals surface area contributed by atoms with Crippen LogP contribution >= 0.6 is 11.8 Å². The van der Waals surface area contributed by atoms with E-state index < -0.39 is 0 Å². The highest BCUT2D eigenvalue weighted by Crippen LogP contribution is 2.66. The molecule has 6 heteroatoms. The van der Waals surface area contributed by atoms with Gasteiger partial charge in [0.25, 0.3) is 0 Å². The minimum absolute atomic E-state index is 0.0344. The van der Waals surface area contributed by atoms with Crippen molar-refractivity contribution >= 4 is 34.1 Å². The summed E-state index contributed by atoms with van der Waals surface area (Å²) >= 11 is 1.37. The fourth-order valence-corrected chi connectivity index (χ4v) is 5.91. The van der Waals surface area contributed by atoms with Crippen molar-refractivity contribution in [3.63, 3.8) is 0 Å². The summed E-state index contributed by atoms with van der Waals surface area (Å²) < 4.78 is 0. The quantitative estimate of drug-likeness (QED) is 0.581. The van der Waals surface area contributed by atoms with E-state index in [0.29, 0.717) is 11.1 Å². The largest absolute Gasteiger partial charge is 0.325 e. The van der Waals surface area contributed by atoms with E-state index in [9.17, 15) is 4.79 Å². The molecule has 0 spiro atoms. The van der Waals surface area contributed by atoms with Gasteiger partial charge in [0.2, 0.25) is 11.1 Å². The first-order chi connectivity index (χ1) is 14.3. The van der Waals surface area contributed by atoms with Crippen LogP contribution in [0.5, 0.6) is 0 Å². The summed E-state index contributed by atoms with van der Waals surface area (Å²) in [6.45, 7) is 8.83. The van der Waals surface area contributed by atoms with Gasteiger partial charge in [-0.05, 0) is 36.6 Å². The number of carbonyl (C=O) groups excluding carboxylic acids is 1. The number of fused-ring (bicyclic) bond motifs is 6. The van der Waals surface area contributed by atoms with Crippen LogP contribution in [0.4, 0.5) is 5.69 Å². The van der Waals surface area contributed by atoms with Gasteiger partial charge in [0.05, 0.1) is 16.6 Å². The standard InChI is InChI=1S/C24H26N4OS/c1-14(21(29)25-18-11-7-9-15-8-5-6-10-16(15)18)30-22-26-20-19(27-28-22)17-12-13-24(20,4)23(17,2)3/h5-11,14,17H,12-13H2,1-4H3,(H,25,29)/t14-,17+,24+/m1/s1. The van der Waals surface area contributed by atoms with Crippen LogP contribution in [0, 0.1) is 5.41 Å². The predicted octanol–water partition coefficient (Wildman–Crippen LogP) is 5.32. The molecule has 1 saturated carbocycles. The molecule has 0 unspecified atom stereocenters. The average Bonchev–Trinajstić information content (AvgIpc) is 3.06. The number of rotatable bonds is 4. The highest BCUT2D eigenvalue weighted by atomic mass is 32.2. The van der Waals surface area contributed by atoms with Crippen molar-refractivity contribution in [1.82, 2.24) is 15.2 Å². The summed E-state index contributed by atoms with van der Waals surface area (Å²) in [5, 5.41) is 14.4. The van der Waals surface area contributed by atoms with Crippen molar-refractivity contribution in [2.45, 2.75) is 62.3 Å². The molecule has 2 aliphatic rings. The lowest BCUT2D eigenvalue weighted by molar-refractivity contribution is -0.115. The van der Waals surface area contributed by atoms with Crippen LogP contribution in [0.15, 0.2) is 47.6 Å². The molecule has 2 aromatic carbocycles. The zero-order valence-corrected chi connectivity index (χ0v) is 18.6. The van der Waals surface area contributed by atoms with E-state index in [4.69, 9.17) is 4.98 Å². The molecule has 154 valence electrons. The summed E-state index contributed by atoms with van der Waals surface area (Å²) in [5.74, 6) is 0.372. The van der Waals surface area contributed by atoms with Crippen molar-refractivity contribution in [1.29, 1.82) is 0 Å². The molecular weight excluding hydrogens is 392 g/mol. The van der Waals surface area contributed by atoms with Crippen LogP contribution in [0.1, 0.15) is 57.8 Å². The molecule has 2 bridgehead atoms. The molecule has 5 nitrogen and oxygen atoms in total. The SMILES string of the molecule is C[C@@H](Sc1nnc2c(n1)[C@]1(C)CC[C@@H]2C1(C)C)C(=O)Nc1cccc2ccccc12. The first-order valence-corrected chi connectivity index (χ1v) is 11.4. The number of hydrogen-bond donors (Lipinski definition) is 1. The molecule has 1 fully saturated rings. The van der Waals surface area contributed by atoms with Gasteiger partial charge in [-0.3, -0.25) is 4.79 Å². The van der Waals surface area contributed by atoms with Gasteiger partial charge >= 0.3 is 0 Å². The molecule has 0 aliphatic heterocycles. The topological polar surface area (TPSA) is 67.8 Å². The van der Waals surface area contributed by atoms with Crippen LogP contribution in [0.3, 0.4) is 0 Å². The third-order valence-electron chi connectivity index (χ3n) is 7.47. The molecule has 1 N–H and O–H groups in total. The van der Waals surface area contributed by atoms with E-state index in [1.165, 1.54) is 11.8 Å². The number of benzene rings is 2. The first kappa shape index (κ1) is 19.5. The third-order valence-corrected chi connectivity index (χ3v) is 8.42. The molecule has 0 radical (unpaired) electrons. The zero-order valence-electron chi connectivity index (χ0n) is 17.8. The fraction of sp³-hybridized carbons (Fsp3) is 0.417. The lowest BCUT2D eigenvalue weighted by Crippen LogP contribution is -2.32. The number of aromatic nitrogens is 3. The Hall–Kier alpha value is -2.47. The van der Waals surface area contributed by atoms with E-state index in [-0.39, 0.29) is 22.0 Å². The number of carbonyl (C=O) groups is 1. The summed E-state index contributed by atoms with van der Waals surface area (Å²) in [5.41, 5.74) is 3.16. The predicted molar refractivity (Wildman–Crippen MR) is 121 cm³/mol. The van der Waals surface area contributed by atoms with Crippen molar-refractivity contribution in [2.24, 2.45) is 5.41 Å². The second kappa shape index (κ2) is 6.77. The summed E-state index contributed by atoms with van der Waals surface area (Å²) in [6.07, 6.45) is 2.29. The summed E-state index contributed by atoms with van der Waals surface area (Å²) in [6, 6.07) is 14.0. The number of hydrogen-bond acceptors (Lipinski definition) is 5. The van der Waals surface area contributed by atoms with E-state index >= 15 is 0 Å². The van der Waals surface area contributed by atoms with Crippen molar-refractivity contribution in [2.75, 3.05) is 5.32 Å². The number of anilines is 1. The first-order valence-electron chi connectivity index (χ1n) is 10.5. The Kier molecular flexibility index (Phi) is 4.40. The van der Waals surface area contributed by atoms with E-state index in [1.807, 2.05) is 49.4 Å². The zero-order chi connectivity index (χ0) is 21.1. The lowest BCUT2D eigenvalue weighted by Gasteiger charge is -2.34. The summed E-state index contributed by atoms with van der Waals surface area (Å²) in [4.78, 5) is 17.8. The van der Waals surface area contributed by atoms with Gasteiger partial charge in [0.15, 0.2) is 0 Å². The van der Waals surface area contributed by atoms with Crippen molar-refractivity contribution < 1.29 is 4.79 Å². The number of nitrogens with one attached hydrogen (secondary N) is 1. The Labute approximate surface area is 181 Å². The fourth-order valence-electron chi connectivity index (χ4n) is 5.19. The van der Waals surface area contributed by atoms with Gasteiger partial charge in [-0.25, -0.2) is 4.98 Å². The smallest absolute Gasteiger partial charge is 0.237 e. The maximum Gasteiger partial charge on any atom is 0.237 e. The minimum Gasteiger partial charge on any atom is -0.325 e. The van der Waals surface area contributed by atoms with Gasteiger partial charge in [-0.2, -0.15) is 5.10 Å². The Bertz CT molecular complexity index is 1160. The molecule has 30 heavy (non-hydrogen) atoms. The Morgan fingerprint density at radius 2 is 1.90 bits per heavy atom. The van der Waals surface area contributed by atoms with Gasteiger partial charge in [0, 0.05) is 22.4 Å². The number of nitrogens with zero attached hydrogens (tertiary/aromatic N) is 3. The Morgan fingerprint density at radius 3 is 2.73 bits per heavy atom. The summed E-state index contributed by atoms with van der Waals surface area (Å²) in [7, 11) is 0. The second-order valence-corrected chi connectivity index (χ2v) is 10.6. The molecular formula is C24H26N4OS. The van der Waals surface area contributed by atoms with Crippen LogP contribution in [0.25, 0.3) is 10.8 Å². The highest BCUT2D eigenvalue weighted by Gasteiger charge is 2.61. The van der Waals surface area contributed by atoms with Gasteiger partial charge in [-0.1, -0.05) is 68.9 Å². The van der Waals surface area contributed by atoms with Crippen LogP contribution in [-0.2, 0) is 10.2 Å². The molecule has 3 atom stereocenters. The Balaban J connectivity index is 1.35. The average molecular weight is 419 g/mol. The maximum atomic E-state index is 12.9. The molecule has 1 aromatic heterocycles. The molecule has 5 rings (SSSR count). The lowest BCUT2D eigenvalue weighted by atomic mass is 9.70. The van der Waals surface area contributed by atoms with E-state index in [0.717, 1.165) is 40.7 Å². The van der Waals surface area contributed by atoms with E-state index in [1.54, 1.807) is 0 Å². The highest BCUT2D eigenvalue weighted by molar-refractivity contribution is 8.00. The molecule has 3 aromatic rings. The number of thioether (sulfide) groups is 1. The number of amides is 1. The molecule has 1 heterocycles. The molecule has 0 saturated heterocycles. The normalized spacial score (nSPS) is 24.6. The maximum absolute atomic E-state index is 12.9. The van der Waals surface area contributed by atoms with Crippen molar-refractivity contribution in [3.8, 4) is 0 Å². The second-order valence-electron chi connectivity index (χ2n) is 9.25. The van der Waals surface area contributed by atoms with Crippen LogP contribution < -0.4 is 5.32 Å². The monoisotopic (exact) mass is 418 g/mol. The minimum atomic E-state index is -0.330. The van der Waals surface area contributed by atoms with Gasteiger partial charge < -0.3 is 5.32 Å².